The van der Waals surface area contributed by atoms with Gasteiger partial charge in [-0.05, 0) is 40.9 Å². The third-order valence-corrected chi connectivity index (χ3v) is 4.65. The van der Waals surface area contributed by atoms with E-state index in [0.717, 1.165) is 0 Å². The highest BCUT2D eigenvalue weighted by Crippen LogP contribution is 2.27. The molecule has 0 aliphatic heterocycles. The van der Waals surface area contributed by atoms with Crippen LogP contribution in [0.3, 0.4) is 0 Å². The average molecular weight is 363 g/mol. The first kappa shape index (κ1) is 16.8. The van der Waals surface area contributed by atoms with Crippen LogP contribution in [0.25, 0.3) is 0 Å². The van der Waals surface area contributed by atoms with Gasteiger partial charge in [-0.1, -0.05) is 36.7 Å². The molecule has 0 atom stereocenters. The average Bonchev–Trinajstić information content (AvgIpc) is 2.46. The Bertz CT molecular complexity index is 530. The molecule has 110 valence electrons. The van der Waals surface area contributed by atoms with E-state index in [4.69, 9.17) is 22.5 Å². The lowest BCUT2D eigenvalue weighted by atomic mass is 9.91. The van der Waals surface area contributed by atoms with Crippen LogP contribution in [-0.4, -0.2) is 22.5 Å². The number of benzene rings is 1. The second-order valence-corrected chi connectivity index (χ2v) is 5.56. The first-order chi connectivity index (χ1) is 9.41. The molecule has 0 bridgehead atoms. The van der Waals surface area contributed by atoms with Gasteiger partial charge in [0.2, 0.25) is 0 Å². The minimum absolute atomic E-state index is 0.0260. The van der Waals surface area contributed by atoms with Crippen molar-refractivity contribution in [2.24, 2.45) is 10.9 Å². The number of amidine groups is 1. The maximum Gasteiger partial charge on any atom is 0.253 e. The molecule has 5 nitrogen and oxygen atoms in total. The fourth-order valence-electron chi connectivity index (χ4n) is 1.91. The Morgan fingerprint density at radius 2 is 2.10 bits per heavy atom. The van der Waals surface area contributed by atoms with E-state index in [9.17, 15) is 4.79 Å². The molecule has 0 fully saturated rings. The van der Waals surface area contributed by atoms with Crippen molar-refractivity contribution in [1.29, 1.82) is 0 Å². The highest BCUT2D eigenvalue weighted by atomic mass is 79.9. The second-order valence-electron chi connectivity index (χ2n) is 4.33. The van der Waals surface area contributed by atoms with Gasteiger partial charge in [-0.25, -0.2) is 0 Å². The van der Waals surface area contributed by atoms with Crippen molar-refractivity contribution in [2.45, 2.75) is 32.2 Å². The zero-order valence-electron chi connectivity index (χ0n) is 11.3. The Morgan fingerprint density at radius 3 is 2.60 bits per heavy atom. The number of amides is 1. The van der Waals surface area contributed by atoms with E-state index < -0.39 is 5.54 Å². The highest BCUT2D eigenvalue weighted by molar-refractivity contribution is 9.10. The molecule has 1 aromatic carbocycles. The molecule has 1 rings (SSSR count). The monoisotopic (exact) mass is 361 g/mol. The third-order valence-electron chi connectivity index (χ3n) is 3.35. The van der Waals surface area contributed by atoms with Crippen LogP contribution in [0, 0.1) is 0 Å². The number of carbonyl (C=O) groups is 1. The van der Waals surface area contributed by atoms with Gasteiger partial charge < -0.3 is 16.3 Å². The van der Waals surface area contributed by atoms with Gasteiger partial charge in [0.05, 0.1) is 10.6 Å². The molecule has 20 heavy (non-hydrogen) atoms. The number of nitrogens with zero attached hydrogens (tertiary/aromatic N) is 1. The Hall–Kier alpha value is -1.27. The van der Waals surface area contributed by atoms with Crippen LogP contribution >= 0.6 is 27.5 Å². The van der Waals surface area contributed by atoms with E-state index in [-0.39, 0.29) is 11.7 Å². The van der Waals surface area contributed by atoms with Gasteiger partial charge in [0.15, 0.2) is 5.84 Å². The SMILES string of the molecule is CCC(CC)(NC(=O)c1cccc(Br)c1Cl)/C(N)=N/O. The van der Waals surface area contributed by atoms with Crippen LogP contribution in [0.4, 0.5) is 0 Å². The minimum Gasteiger partial charge on any atom is -0.409 e. The van der Waals surface area contributed by atoms with Gasteiger partial charge in [-0.15, -0.1) is 0 Å². The van der Waals surface area contributed by atoms with E-state index in [1.807, 2.05) is 13.8 Å². The fraction of sp³-hybridized carbons (Fsp3) is 0.385. The normalized spacial score (nSPS) is 12.3. The Labute approximate surface area is 131 Å². The molecule has 0 heterocycles. The summed E-state index contributed by atoms with van der Waals surface area (Å²) >= 11 is 9.37. The molecule has 0 saturated heterocycles. The van der Waals surface area contributed by atoms with Crippen molar-refractivity contribution in [3.63, 3.8) is 0 Å². The van der Waals surface area contributed by atoms with Crippen molar-refractivity contribution in [3.8, 4) is 0 Å². The van der Waals surface area contributed by atoms with Gasteiger partial charge in [-0.2, -0.15) is 0 Å². The predicted octanol–water partition coefficient (Wildman–Crippen LogP) is 3.14. The van der Waals surface area contributed by atoms with Crippen molar-refractivity contribution in [1.82, 2.24) is 5.32 Å². The first-order valence-electron chi connectivity index (χ1n) is 6.16. The zero-order valence-corrected chi connectivity index (χ0v) is 13.6. The maximum absolute atomic E-state index is 12.4. The zero-order chi connectivity index (χ0) is 15.3. The molecule has 1 aromatic rings. The van der Waals surface area contributed by atoms with Gasteiger partial charge in [0.25, 0.3) is 5.91 Å². The fourth-order valence-corrected chi connectivity index (χ4v) is 2.49. The summed E-state index contributed by atoms with van der Waals surface area (Å²) in [5.41, 5.74) is 5.15. The van der Waals surface area contributed by atoms with Gasteiger partial charge in [0, 0.05) is 4.47 Å². The summed E-state index contributed by atoms with van der Waals surface area (Å²) in [5.74, 6) is -0.395. The molecule has 4 N–H and O–H groups in total. The molecule has 7 heteroatoms. The molecule has 0 unspecified atom stereocenters. The number of halogens is 2. The van der Waals surface area contributed by atoms with Gasteiger partial charge >= 0.3 is 0 Å². The predicted molar refractivity (Wildman–Crippen MR) is 83.3 cm³/mol. The standard InChI is InChI=1S/C13H17BrClN3O2/c1-3-13(4-2,12(16)18-20)17-11(19)8-6-5-7-9(14)10(8)15/h5-7,20H,3-4H2,1-2H3,(H2,16,18)(H,17,19). The Morgan fingerprint density at radius 1 is 1.50 bits per heavy atom. The summed E-state index contributed by atoms with van der Waals surface area (Å²) < 4.78 is 0.634. The van der Waals surface area contributed by atoms with Crippen LogP contribution in [-0.2, 0) is 0 Å². The molecular formula is C13H17BrClN3O2. The molecule has 0 aromatic heterocycles. The van der Waals surface area contributed by atoms with E-state index >= 15 is 0 Å². The number of hydrogen-bond donors (Lipinski definition) is 3. The summed E-state index contributed by atoms with van der Waals surface area (Å²) in [7, 11) is 0. The summed E-state index contributed by atoms with van der Waals surface area (Å²) in [6.45, 7) is 3.70. The number of nitrogens with two attached hydrogens (primary N) is 1. The lowest BCUT2D eigenvalue weighted by molar-refractivity contribution is 0.0918. The van der Waals surface area contributed by atoms with Crippen molar-refractivity contribution < 1.29 is 10.0 Å². The molecule has 0 spiro atoms. The Balaban J connectivity index is 3.12. The van der Waals surface area contributed by atoms with Crippen LogP contribution in [0.15, 0.2) is 27.8 Å². The van der Waals surface area contributed by atoms with Crippen molar-refractivity contribution in [2.75, 3.05) is 0 Å². The van der Waals surface area contributed by atoms with Gasteiger partial charge in [0.1, 0.15) is 5.54 Å². The first-order valence-corrected chi connectivity index (χ1v) is 7.33. The van der Waals surface area contributed by atoms with Crippen LogP contribution in [0.2, 0.25) is 5.02 Å². The van der Waals surface area contributed by atoms with Gasteiger partial charge in [-0.3, -0.25) is 4.79 Å². The second kappa shape index (κ2) is 6.95. The minimum atomic E-state index is -0.891. The Kier molecular flexibility index (Phi) is 5.83. The quantitative estimate of drug-likeness (QED) is 0.325. The molecule has 0 radical (unpaired) electrons. The summed E-state index contributed by atoms with van der Waals surface area (Å²) in [6, 6.07) is 5.08. The van der Waals surface area contributed by atoms with Crippen LogP contribution in [0.1, 0.15) is 37.0 Å². The van der Waals surface area contributed by atoms with E-state index in [0.29, 0.717) is 27.9 Å². The smallest absolute Gasteiger partial charge is 0.253 e. The third kappa shape index (κ3) is 3.24. The number of rotatable bonds is 5. The lowest BCUT2D eigenvalue weighted by Gasteiger charge is -2.31. The van der Waals surface area contributed by atoms with E-state index in [1.54, 1.807) is 18.2 Å². The number of carbonyl (C=O) groups excluding carboxylic acids is 1. The molecule has 0 saturated carbocycles. The largest absolute Gasteiger partial charge is 0.409 e. The number of hydrogen-bond acceptors (Lipinski definition) is 3. The van der Waals surface area contributed by atoms with Crippen molar-refractivity contribution >= 4 is 39.3 Å². The highest BCUT2D eigenvalue weighted by Gasteiger charge is 2.34. The van der Waals surface area contributed by atoms with Crippen LogP contribution < -0.4 is 11.1 Å². The summed E-state index contributed by atoms with van der Waals surface area (Å²) in [6.07, 6.45) is 0.994. The van der Waals surface area contributed by atoms with E-state index in [2.05, 4.69) is 26.4 Å². The molecule has 1 amide bonds. The maximum atomic E-state index is 12.4. The number of nitrogens with one attached hydrogen (secondary N) is 1. The topological polar surface area (TPSA) is 87.7 Å². The van der Waals surface area contributed by atoms with Crippen LogP contribution in [0.5, 0.6) is 0 Å². The lowest BCUT2D eigenvalue weighted by Crippen LogP contribution is -2.56. The summed E-state index contributed by atoms with van der Waals surface area (Å²) in [5, 5.41) is 15.0. The number of oxime groups is 1. The summed E-state index contributed by atoms with van der Waals surface area (Å²) in [4.78, 5) is 12.4. The molecule has 0 aliphatic carbocycles. The van der Waals surface area contributed by atoms with Crippen molar-refractivity contribution in [3.05, 3.63) is 33.3 Å². The molecular weight excluding hydrogens is 346 g/mol. The molecule has 0 aliphatic rings. The van der Waals surface area contributed by atoms with E-state index in [1.165, 1.54) is 0 Å².